The van der Waals surface area contributed by atoms with E-state index in [9.17, 15) is 4.79 Å². The molecule has 1 saturated heterocycles. The van der Waals surface area contributed by atoms with Crippen LogP contribution in [0.4, 0.5) is 5.82 Å². The van der Waals surface area contributed by atoms with Crippen molar-refractivity contribution in [2.24, 2.45) is 0 Å². The third-order valence-electron chi connectivity index (χ3n) is 5.07. The van der Waals surface area contributed by atoms with E-state index in [1.165, 1.54) is 12.0 Å². The highest BCUT2D eigenvalue weighted by molar-refractivity contribution is 6.33. The Morgan fingerprint density at radius 3 is 2.62 bits per heavy atom. The topological polar surface area (TPSA) is 63.1 Å². The first-order valence-corrected chi connectivity index (χ1v) is 10.3. The number of carbonyl (C=O) groups excluding carboxylic acids is 1. The molecule has 1 aromatic carbocycles. The zero-order chi connectivity index (χ0) is 20.1. The van der Waals surface area contributed by atoms with Gasteiger partial charge in [-0.15, -0.1) is 0 Å². The lowest BCUT2D eigenvalue weighted by Gasteiger charge is -2.26. The van der Waals surface area contributed by atoms with Gasteiger partial charge in [-0.2, -0.15) is 5.10 Å². The minimum absolute atomic E-state index is 0.00726. The Balaban J connectivity index is 1.36. The van der Waals surface area contributed by atoms with Gasteiger partial charge in [-0.1, -0.05) is 41.9 Å². The van der Waals surface area contributed by atoms with Gasteiger partial charge in [-0.3, -0.25) is 9.48 Å². The van der Waals surface area contributed by atoms with Gasteiger partial charge in [0, 0.05) is 37.6 Å². The summed E-state index contributed by atoms with van der Waals surface area (Å²) in [4.78, 5) is 18.8. The van der Waals surface area contributed by atoms with Crippen LogP contribution in [-0.2, 0) is 13.1 Å². The molecule has 0 bridgehead atoms. The Morgan fingerprint density at radius 2 is 1.86 bits per heavy atom. The maximum atomic E-state index is 12.6. The van der Waals surface area contributed by atoms with Crippen molar-refractivity contribution in [1.29, 1.82) is 0 Å². The van der Waals surface area contributed by atoms with Gasteiger partial charge in [-0.25, -0.2) is 4.98 Å². The molecule has 0 aliphatic carbocycles. The van der Waals surface area contributed by atoms with Crippen LogP contribution in [0.2, 0.25) is 5.02 Å². The summed E-state index contributed by atoms with van der Waals surface area (Å²) in [6, 6.07) is 11.9. The number of pyridine rings is 1. The molecule has 3 aromatic rings. The highest BCUT2D eigenvalue weighted by Gasteiger charge is 2.19. The van der Waals surface area contributed by atoms with Crippen LogP contribution < -0.4 is 5.32 Å². The summed E-state index contributed by atoms with van der Waals surface area (Å²) in [6.45, 7) is 2.90. The van der Waals surface area contributed by atoms with Crippen molar-refractivity contribution >= 4 is 23.3 Å². The largest absolute Gasteiger partial charge is 0.365 e. The van der Waals surface area contributed by atoms with Crippen molar-refractivity contribution in [2.75, 3.05) is 18.4 Å². The number of aromatic nitrogens is 3. The number of halogens is 1. The van der Waals surface area contributed by atoms with Gasteiger partial charge in [0.2, 0.25) is 0 Å². The number of amides is 1. The quantitative estimate of drug-likeness (QED) is 0.662. The van der Waals surface area contributed by atoms with Crippen LogP contribution in [0.3, 0.4) is 0 Å². The number of benzene rings is 1. The fraction of sp³-hybridized carbons (Fsp3) is 0.318. The van der Waals surface area contributed by atoms with Crippen molar-refractivity contribution in [2.45, 2.75) is 32.4 Å². The molecule has 1 aliphatic rings. The third kappa shape index (κ3) is 4.95. The number of nitrogens with zero attached hydrogens (tertiary/aromatic N) is 4. The van der Waals surface area contributed by atoms with Crippen molar-refractivity contribution < 1.29 is 4.79 Å². The van der Waals surface area contributed by atoms with E-state index in [0.717, 1.165) is 38.0 Å². The third-order valence-corrected chi connectivity index (χ3v) is 5.35. The summed E-state index contributed by atoms with van der Waals surface area (Å²) in [6.07, 6.45) is 8.74. The first-order chi connectivity index (χ1) is 14.2. The predicted molar refractivity (Wildman–Crippen MR) is 114 cm³/mol. The number of hydrogen-bond donors (Lipinski definition) is 1. The lowest BCUT2D eigenvalue weighted by atomic mass is 10.1. The van der Waals surface area contributed by atoms with Crippen LogP contribution in [0.15, 0.2) is 55.0 Å². The highest BCUT2D eigenvalue weighted by atomic mass is 35.5. The van der Waals surface area contributed by atoms with Gasteiger partial charge in [0.05, 0.1) is 23.3 Å². The zero-order valence-electron chi connectivity index (χ0n) is 16.2. The fourth-order valence-corrected chi connectivity index (χ4v) is 3.74. The van der Waals surface area contributed by atoms with Gasteiger partial charge in [-0.05, 0) is 30.9 Å². The van der Waals surface area contributed by atoms with E-state index in [1.807, 2.05) is 40.2 Å². The number of carbonyl (C=O) groups is 1. The number of nitrogens with one attached hydrogen (secondary N) is 1. The molecule has 1 aliphatic heterocycles. The molecule has 1 amide bonds. The highest BCUT2D eigenvalue weighted by Crippen LogP contribution is 2.22. The first-order valence-electron chi connectivity index (χ1n) is 9.93. The van der Waals surface area contributed by atoms with Gasteiger partial charge in [0.25, 0.3) is 5.91 Å². The molecule has 0 radical (unpaired) electrons. The van der Waals surface area contributed by atoms with Crippen LogP contribution in [-0.4, -0.2) is 38.7 Å². The van der Waals surface area contributed by atoms with Gasteiger partial charge >= 0.3 is 0 Å². The second kappa shape index (κ2) is 9.09. The monoisotopic (exact) mass is 409 g/mol. The molecule has 0 spiro atoms. The van der Waals surface area contributed by atoms with Crippen molar-refractivity contribution in [3.63, 3.8) is 0 Å². The number of hydrogen-bond acceptors (Lipinski definition) is 4. The lowest BCUT2D eigenvalue weighted by Crippen LogP contribution is -2.35. The van der Waals surface area contributed by atoms with E-state index in [-0.39, 0.29) is 5.91 Å². The maximum absolute atomic E-state index is 12.6. The van der Waals surface area contributed by atoms with Gasteiger partial charge in [0.1, 0.15) is 5.82 Å². The summed E-state index contributed by atoms with van der Waals surface area (Å²) in [7, 11) is 0. The summed E-state index contributed by atoms with van der Waals surface area (Å²) in [5.74, 6) is 0.575. The Labute approximate surface area is 175 Å². The van der Waals surface area contributed by atoms with Crippen LogP contribution in [0.25, 0.3) is 0 Å². The number of likely N-dealkylation sites (tertiary alicyclic amines) is 1. The molecular formula is C22H24ClN5O. The Hall–Kier alpha value is -2.86. The predicted octanol–water partition coefficient (Wildman–Crippen LogP) is 4.22. The number of piperidine rings is 1. The molecule has 0 atom stereocenters. The molecular weight excluding hydrogens is 386 g/mol. The average Bonchev–Trinajstić information content (AvgIpc) is 3.21. The molecule has 6 nitrogen and oxygen atoms in total. The molecule has 0 unspecified atom stereocenters. The fourth-order valence-electron chi connectivity index (χ4n) is 3.50. The summed E-state index contributed by atoms with van der Waals surface area (Å²) in [5, 5.41) is 8.09. The van der Waals surface area contributed by atoms with Crippen molar-refractivity contribution in [1.82, 2.24) is 19.7 Å². The van der Waals surface area contributed by atoms with Crippen molar-refractivity contribution in [3.8, 4) is 0 Å². The van der Waals surface area contributed by atoms with Gasteiger partial charge in [0.15, 0.2) is 0 Å². The minimum Gasteiger partial charge on any atom is -0.365 e. The minimum atomic E-state index is 0.00726. The summed E-state index contributed by atoms with van der Waals surface area (Å²) in [5.41, 5.74) is 2.78. The van der Waals surface area contributed by atoms with E-state index >= 15 is 0 Å². The van der Waals surface area contributed by atoms with Crippen LogP contribution >= 0.6 is 11.6 Å². The van der Waals surface area contributed by atoms with Crippen LogP contribution in [0, 0.1) is 0 Å². The number of rotatable bonds is 6. The van der Waals surface area contributed by atoms with E-state index in [0.29, 0.717) is 22.9 Å². The maximum Gasteiger partial charge on any atom is 0.255 e. The second-order valence-electron chi connectivity index (χ2n) is 7.29. The van der Waals surface area contributed by atoms with E-state index in [2.05, 4.69) is 27.5 Å². The van der Waals surface area contributed by atoms with E-state index in [4.69, 9.17) is 11.6 Å². The molecule has 1 N–H and O–H groups in total. The Kier molecular flexibility index (Phi) is 6.10. The number of anilines is 1. The first kappa shape index (κ1) is 19.5. The SMILES string of the molecule is O=C(c1cnc(NCc2cnn(Cc3ccccc3)c2)c(Cl)c1)N1CCCCC1. The molecule has 29 heavy (non-hydrogen) atoms. The second-order valence-corrected chi connectivity index (χ2v) is 7.70. The Morgan fingerprint density at radius 1 is 1.07 bits per heavy atom. The molecule has 0 saturated carbocycles. The average molecular weight is 410 g/mol. The Bertz CT molecular complexity index is 966. The molecule has 2 aromatic heterocycles. The molecule has 3 heterocycles. The van der Waals surface area contributed by atoms with E-state index < -0.39 is 0 Å². The van der Waals surface area contributed by atoms with Crippen LogP contribution in [0.1, 0.15) is 40.7 Å². The van der Waals surface area contributed by atoms with Crippen LogP contribution in [0.5, 0.6) is 0 Å². The molecule has 1 fully saturated rings. The summed E-state index contributed by atoms with van der Waals surface area (Å²) < 4.78 is 1.90. The van der Waals surface area contributed by atoms with Crippen molar-refractivity contribution in [3.05, 3.63) is 76.7 Å². The standard InChI is InChI=1S/C22H24ClN5O/c23-20-11-19(22(29)27-9-5-2-6-10-27)14-25-21(20)24-12-18-13-26-28(16-18)15-17-7-3-1-4-8-17/h1,3-4,7-8,11,13-14,16H,2,5-6,9-10,12,15H2,(H,24,25). The smallest absolute Gasteiger partial charge is 0.255 e. The molecule has 7 heteroatoms. The normalized spacial score (nSPS) is 14.0. The summed E-state index contributed by atoms with van der Waals surface area (Å²) >= 11 is 6.37. The lowest BCUT2D eigenvalue weighted by molar-refractivity contribution is 0.0724. The molecule has 4 rings (SSSR count). The van der Waals surface area contributed by atoms with Gasteiger partial charge < -0.3 is 10.2 Å². The zero-order valence-corrected chi connectivity index (χ0v) is 17.0. The molecule has 150 valence electrons. The van der Waals surface area contributed by atoms with E-state index in [1.54, 1.807) is 12.3 Å².